The normalized spacial score (nSPS) is 12.4. The lowest BCUT2D eigenvalue weighted by molar-refractivity contribution is -0.167. The van der Waals surface area contributed by atoms with Gasteiger partial charge in [0, 0.05) is 0 Å². The molecule has 0 unspecified atom stereocenters. The number of amides is 1. The van der Waals surface area contributed by atoms with Gasteiger partial charge in [-0.2, -0.15) is 26.3 Å². The van der Waals surface area contributed by atoms with Crippen molar-refractivity contribution in [3.8, 4) is 0 Å². The molecule has 0 aliphatic heterocycles. The molecule has 1 N–H and O–H groups in total. The third-order valence-corrected chi connectivity index (χ3v) is 2.47. The van der Waals surface area contributed by atoms with E-state index < -0.39 is 29.6 Å². The van der Waals surface area contributed by atoms with Crippen LogP contribution in [0.4, 0.5) is 32.0 Å². The van der Waals surface area contributed by atoms with Gasteiger partial charge >= 0.3 is 18.3 Å². The molecule has 0 fully saturated rings. The number of anilines is 1. The smallest absolute Gasteiger partial charge is 0.316 e. The molecular weight excluding hydrogens is 381 g/mol. The van der Waals surface area contributed by atoms with Crippen molar-refractivity contribution >= 4 is 34.2 Å². The SMILES string of the molecule is O=C(Nc1ccc(C(F)(F)F)nc1I)C(F)(F)F. The summed E-state index contributed by atoms with van der Waals surface area (Å²) in [5, 5.41) is 1.43. The standard InChI is InChI=1S/C8H3F6IN2O/c9-7(10,11)4-2-1-3(5(15)17-4)16-6(18)8(12,13)14/h1-2H,(H,16,18). The molecule has 0 atom stereocenters. The number of rotatable bonds is 1. The fourth-order valence-electron chi connectivity index (χ4n) is 0.879. The highest BCUT2D eigenvalue weighted by atomic mass is 127. The van der Waals surface area contributed by atoms with E-state index in [2.05, 4.69) is 4.98 Å². The zero-order chi connectivity index (χ0) is 14.1. The van der Waals surface area contributed by atoms with Crippen LogP contribution in [0.25, 0.3) is 0 Å². The first kappa shape index (κ1) is 15.0. The van der Waals surface area contributed by atoms with Crippen LogP contribution in [-0.4, -0.2) is 17.1 Å². The molecule has 0 saturated carbocycles. The molecule has 0 spiro atoms. The fraction of sp³-hybridized carbons (Fsp3) is 0.250. The minimum atomic E-state index is -5.12. The maximum absolute atomic E-state index is 12.2. The van der Waals surface area contributed by atoms with Crippen LogP contribution in [-0.2, 0) is 11.0 Å². The number of hydrogen-bond donors (Lipinski definition) is 1. The van der Waals surface area contributed by atoms with E-state index >= 15 is 0 Å². The highest BCUT2D eigenvalue weighted by Crippen LogP contribution is 2.30. The highest BCUT2D eigenvalue weighted by Gasteiger charge is 2.39. The molecule has 100 valence electrons. The molecule has 1 aromatic heterocycles. The minimum absolute atomic E-state index is 0.389. The van der Waals surface area contributed by atoms with Gasteiger partial charge in [0.2, 0.25) is 0 Å². The van der Waals surface area contributed by atoms with E-state index in [0.717, 1.165) is 0 Å². The molecule has 0 bridgehead atoms. The van der Waals surface area contributed by atoms with Gasteiger partial charge in [-0.15, -0.1) is 0 Å². The van der Waals surface area contributed by atoms with Gasteiger partial charge in [-0.25, -0.2) is 4.98 Å². The third-order valence-electron chi connectivity index (χ3n) is 1.64. The Morgan fingerprint density at radius 3 is 2.11 bits per heavy atom. The van der Waals surface area contributed by atoms with Crippen molar-refractivity contribution < 1.29 is 31.1 Å². The van der Waals surface area contributed by atoms with E-state index in [1.54, 1.807) is 0 Å². The molecule has 3 nitrogen and oxygen atoms in total. The van der Waals surface area contributed by atoms with Crippen LogP contribution in [0.1, 0.15) is 5.69 Å². The van der Waals surface area contributed by atoms with E-state index in [0.29, 0.717) is 12.1 Å². The number of nitrogens with one attached hydrogen (secondary N) is 1. The summed E-state index contributed by atoms with van der Waals surface area (Å²) in [6.07, 6.45) is -9.82. The molecular formula is C8H3F6IN2O. The monoisotopic (exact) mass is 384 g/mol. The van der Waals surface area contributed by atoms with E-state index in [-0.39, 0.29) is 3.70 Å². The lowest BCUT2D eigenvalue weighted by Gasteiger charge is -2.11. The zero-order valence-electron chi connectivity index (χ0n) is 8.16. The summed E-state index contributed by atoms with van der Waals surface area (Å²) in [4.78, 5) is 13.6. The average Bonchev–Trinajstić information content (AvgIpc) is 2.17. The van der Waals surface area contributed by atoms with Crippen molar-refractivity contribution in [2.24, 2.45) is 0 Å². The Hall–Kier alpha value is -1.07. The Morgan fingerprint density at radius 2 is 1.72 bits per heavy atom. The van der Waals surface area contributed by atoms with Crippen LogP contribution in [0.5, 0.6) is 0 Å². The summed E-state index contributed by atoms with van der Waals surface area (Å²) in [6.45, 7) is 0. The van der Waals surface area contributed by atoms with Gasteiger partial charge in [0.1, 0.15) is 9.39 Å². The van der Waals surface area contributed by atoms with Crippen LogP contribution < -0.4 is 5.32 Å². The second-order valence-electron chi connectivity index (χ2n) is 2.98. The van der Waals surface area contributed by atoms with E-state index in [9.17, 15) is 31.1 Å². The van der Waals surface area contributed by atoms with Gasteiger partial charge in [0.15, 0.2) is 0 Å². The largest absolute Gasteiger partial charge is 0.471 e. The number of carbonyl (C=O) groups excluding carboxylic acids is 1. The first-order chi connectivity index (χ1) is 8.01. The molecule has 1 rings (SSSR count). The zero-order valence-corrected chi connectivity index (χ0v) is 10.3. The number of nitrogens with zero attached hydrogens (tertiary/aromatic N) is 1. The number of alkyl halides is 6. The third kappa shape index (κ3) is 3.71. The summed E-state index contributed by atoms with van der Waals surface area (Å²) >= 11 is 1.29. The predicted molar refractivity (Wildman–Crippen MR) is 56.6 cm³/mol. The van der Waals surface area contributed by atoms with Crippen molar-refractivity contribution in [2.45, 2.75) is 12.4 Å². The van der Waals surface area contributed by atoms with Crippen LogP contribution >= 0.6 is 22.6 Å². The van der Waals surface area contributed by atoms with Crippen LogP contribution in [0, 0.1) is 3.70 Å². The maximum Gasteiger partial charge on any atom is 0.471 e. The van der Waals surface area contributed by atoms with Crippen molar-refractivity contribution in [1.82, 2.24) is 4.98 Å². The van der Waals surface area contributed by atoms with Gasteiger partial charge in [-0.3, -0.25) is 4.79 Å². The van der Waals surface area contributed by atoms with Crippen molar-refractivity contribution in [3.63, 3.8) is 0 Å². The van der Waals surface area contributed by atoms with E-state index in [1.807, 2.05) is 0 Å². The Labute approximate surface area is 110 Å². The first-order valence-corrected chi connectivity index (χ1v) is 5.21. The van der Waals surface area contributed by atoms with Crippen LogP contribution in [0.2, 0.25) is 0 Å². The molecule has 0 aliphatic carbocycles. The van der Waals surface area contributed by atoms with Crippen molar-refractivity contribution in [2.75, 3.05) is 5.32 Å². The summed E-state index contributed by atoms with van der Waals surface area (Å²) in [6, 6.07) is 1.19. The molecule has 10 heteroatoms. The van der Waals surface area contributed by atoms with E-state index in [1.165, 1.54) is 27.9 Å². The predicted octanol–water partition coefficient (Wildman–Crippen LogP) is 3.21. The average molecular weight is 384 g/mol. The van der Waals surface area contributed by atoms with Gasteiger partial charge in [-0.1, -0.05) is 0 Å². The minimum Gasteiger partial charge on any atom is -0.316 e. The quantitative estimate of drug-likeness (QED) is 0.459. The Balaban J connectivity index is 2.98. The van der Waals surface area contributed by atoms with E-state index in [4.69, 9.17) is 0 Å². The topological polar surface area (TPSA) is 42.0 Å². The molecule has 18 heavy (non-hydrogen) atoms. The second kappa shape index (κ2) is 4.90. The van der Waals surface area contributed by atoms with Gasteiger partial charge < -0.3 is 5.32 Å². The van der Waals surface area contributed by atoms with Gasteiger partial charge in [0.25, 0.3) is 0 Å². The lowest BCUT2D eigenvalue weighted by atomic mass is 10.3. The number of pyridine rings is 1. The highest BCUT2D eigenvalue weighted by molar-refractivity contribution is 14.1. The summed E-state index contributed by atoms with van der Waals surface area (Å²) < 4.78 is 72.0. The van der Waals surface area contributed by atoms with Gasteiger partial charge in [0.05, 0.1) is 5.69 Å². The lowest BCUT2D eigenvalue weighted by Crippen LogP contribution is -2.30. The Kier molecular flexibility index (Phi) is 4.08. The van der Waals surface area contributed by atoms with Crippen molar-refractivity contribution in [3.05, 3.63) is 21.5 Å². The fourth-order valence-corrected chi connectivity index (χ4v) is 1.45. The second-order valence-corrected chi connectivity index (χ2v) is 4.01. The molecule has 0 aliphatic rings. The molecule has 1 heterocycles. The Bertz CT molecular complexity index is 470. The molecule has 0 radical (unpaired) electrons. The number of aromatic nitrogens is 1. The summed E-state index contributed by atoms with van der Waals surface area (Å²) in [5.74, 6) is -2.28. The summed E-state index contributed by atoms with van der Waals surface area (Å²) in [5.41, 5.74) is -1.69. The van der Waals surface area contributed by atoms with Gasteiger partial charge in [-0.05, 0) is 34.7 Å². The number of carbonyl (C=O) groups is 1. The van der Waals surface area contributed by atoms with Crippen molar-refractivity contribution in [1.29, 1.82) is 0 Å². The number of halogens is 7. The van der Waals surface area contributed by atoms with Crippen LogP contribution in [0.15, 0.2) is 12.1 Å². The maximum atomic E-state index is 12.2. The Morgan fingerprint density at radius 1 is 1.17 bits per heavy atom. The summed E-state index contributed by atoms with van der Waals surface area (Å²) in [7, 11) is 0. The molecule has 0 aromatic carbocycles. The van der Waals surface area contributed by atoms with Crippen LogP contribution in [0.3, 0.4) is 0 Å². The number of hydrogen-bond acceptors (Lipinski definition) is 2. The first-order valence-electron chi connectivity index (χ1n) is 4.13. The molecule has 1 aromatic rings. The molecule has 0 saturated heterocycles. The molecule has 1 amide bonds.